The molecule has 0 saturated heterocycles. The quantitative estimate of drug-likeness (QED) is 0.130. The molecule has 9 heteroatoms. The smallest absolute Gasteiger partial charge is 0.343 e. The first-order valence-electron chi connectivity index (χ1n) is 11.1. The number of carbonyl (C=O) groups is 3. The largest absolute Gasteiger partial charge is 0.493 e. The van der Waals surface area contributed by atoms with Crippen LogP contribution in [0.1, 0.15) is 15.9 Å². The molecule has 0 fully saturated rings. The summed E-state index contributed by atoms with van der Waals surface area (Å²) in [5, 5.41) is 8.18. The second-order valence-electron chi connectivity index (χ2n) is 7.71. The highest BCUT2D eigenvalue weighted by Crippen LogP contribution is 2.28. The Kier molecular flexibility index (Phi) is 7.75. The number of fused-ring (bicyclic) bond motifs is 1. The topological polar surface area (TPSA) is 115 Å². The highest BCUT2D eigenvalue weighted by atomic mass is 16.5. The molecule has 37 heavy (non-hydrogen) atoms. The number of esters is 1. The Hall–Kier alpha value is -5.18. The number of amides is 2. The normalized spacial score (nSPS) is 10.6. The number of methoxy groups -OCH3 is 2. The lowest BCUT2D eigenvalue weighted by atomic mass is 10.1. The number of rotatable bonds is 7. The van der Waals surface area contributed by atoms with Crippen LogP contribution in [0, 0.1) is 0 Å². The molecule has 4 aromatic rings. The Balaban J connectivity index is 1.32. The van der Waals surface area contributed by atoms with Crippen molar-refractivity contribution in [3.8, 4) is 17.2 Å². The van der Waals surface area contributed by atoms with Crippen LogP contribution in [-0.4, -0.2) is 38.2 Å². The monoisotopic (exact) mass is 497 g/mol. The van der Waals surface area contributed by atoms with E-state index in [1.807, 2.05) is 30.3 Å². The van der Waals surface area contributed by atoms with Gasteiger partial charge in [-0.3, -0.25) is 9.59 Å². The molecule has 2 amide bonds. The minimum absolute atomic E-state index is 0.299. The van der Waals surface area contributed by atoms with Crippen molar-refractivity contribution < 1.29 is 28.6 Å². The summed E-state index contributed by atoms with van der Waals surface area (Å²) in [5.74, 6) is -1.09. The zero-order valence-electron chi connectivity index (χ0n) is 20.1. The average Bonchev–Trinajstić information content (AvgIpc) is 2.93. The molecule has 0 aliphatic rings. The van der Waals surface area contributed by atoms with Crippen molar-refractivity contribution in [2.45, 2.75) is 0 Å². The third-order valence-electron chi connectivity index (χ3n) is 5.33. The van der Waals surface area contributed by atoms with Crippen LogP contribution in [0.2, 0.25) is 0 Å². The lowest BCUT2D eigenvalue weighted by Crippen LogP contribution is -2.32. The fourth-order valence-electron chi connectivity index (χ4n) is 3.48. The second kappa shape index (κ2) is 11.5. The Labute approximate surface area is 212 Å². The van der Waals surface area contributed by atoms with E-state index in [2.05, 4.69) is 15.8 Å². The van der Waals surface area contributed by atoms with E-state index in [0.29, 0.717) is 34.1 Å². The summed E-state index contributed by atoms with van der Waals surface area (Å²) in [7, 11) is 2.99. The molecule has 0 aromatic heterocycles. The molecule has 0 atom stereocenters. The molecule has 0 saturated carbocycles. The Morgan fingerprint density at radius 3 is 2.27 bits per heavy atom. The van der Waals surface area contributed by atoms with Gasteiger partial charge < -0.3 is 19.5 Å². The maximum absolute atomic E-state index is 12.5. The Morgan fingerprint density at radius 2 is 1.51 bits per heavy atom. The lowest BCUT2D eigenvalue weighted by Gasteiger charge is -2.09. The molecule has 4 aromatic carbocycles. The number of hydrogen-bond acceptors (Lipinski definition) is 7. The molecule has 4 rings (SSSR count). The lowest BCUT2D eigenvalue weighted by molar-refractivity contribution is -0.136. The predicted octanol–water partition coefficient (Wildman–Crippen LogP) is 4.17. The number of nitrogens with one attached hydrogen (secondary N) is 2. The van der Waals surface area contributed by atoms with E-state index in [1.54, 1.807) is 48.5 Å². The van der Waals surface area contributed by atoms with Crippen molar-refractivity contribution in [3.63, 3.8) is 0 Å². The van der Waals surface area contributed by atoms with E-state index >= 15 is 0 Å². The van der Waals surface area contributed by atoms with Gasteiger partial charge in [0.1, 0.15) is 5.75 Å². The molecule has 186 valence electrons. The standard InChI is InChI=1S/C28H23N3O6/c1-35-24-15-12-20(16-25(24)36-2)28(34)37-21-13-10-18(11-14-21)17-29-31-27(33)26(32)30-23-9-5-7-19-6-3-4-8-22(19)23/h3-17H,1-2H3,(H,30,32)(H,31,33). The van der Waals surface area contributed by atoms with E-state index in [4.69, 9.17) is 14.2 Å². The van der Waals surface area contributed by atoms with Crippen molar-refractivity contribution >= 4 is 40.5 Å². The first-order valence-corrected chi connectivity index (χ1v) is 11.1. The van der Waals surface area contributed by atoms with E-state index in [1.165, 1.54) is 26.5 Å². The van der Waals surface area contributed by atoms with Crippen LogP contribution in [0.15, 0.2) is 90.0 Å². The summed E-state index contributed by atoms with van der Waals surface area (Å²) in [6.07, 6.45) is 1.36. The van der Waals surface area contributed by atoms with Crippen LogP contribution in [0.4, 0.5) is 5.69 Å². The number of ether oxygens (including phenoxy) is 3. The SMILES string of the molecule is COc1ccc(C(=O)Oc2ccc(C=NNC(=O)C(=O)Nc3cccc4ccccc34)cc2)cc1OC. The van der Waals surface area contributed by atoms with Crippen molar-refractivity contribution in [2.24, 2.45) is 5.10 Å². The van der Waals surface area contributed by atoms with Crippen molar-refractivity contribution in [3.05, 3.63) is 96.1 Å². The van der Waals surface area contributed by atoms with Crippen LogP contribution < -0.4 is 25.0 Å². The van der Waals surface area contributed by atoms with Gasteiger partial charge in [-0.05, 0) is 59.5 Å². The van der Waals surface area contributed by atoms with Crippen molar-refractivity contribution in [1.29, 1.82) is 0 Å². The molecule has 9 nitrogen and oxygen atoms in total. The molecule has 0 radical (unpaired) electrons. The van der Waals surface area contributed by atoms with Crippen molar-refractivity contribution in [1.82, 2.24) is 5.43 Å². The first-order chi connectivity index (χ1) is 18.0. The van der Waals surface area contributed by atoms with E-state index in [-0.39, 0.29) is 0 Å². The van der Waals surface area contributed by atoms with Crippen LogP contribution in [-0.2, 0) is 9.59 Å². The number of benzene rings is 4. The van der Waals surface area contributed by atoms with Crippen molar-refractivity contribution in [2.75, 3.05) is 19.5 Å². The summed E-state index contributed by atoms with van der Waals surface area (Å²) in [6, 6.07) is 24.1. The van der Waals surface area contributed by atoms with Crippen LogP contribution in [0.3, 0.4) is 0 Å². The molecular formula is C28H23N3O6. The number of anilines is 1. The van der Waals surface area contributed by atoms with Gasteiger partial charge in [0.05, 0.1) is 26.0 Å². The fraction of sp³-hybridized carbons (Fsp3) is 0.0714. The zero-order chi connectivity index (χ0) is 26.2. The van der Waals surface area contributed by atoms with Crippen LogP contribution in [0.25, 0.3) is 10.8 Å². The van der Waals surface area contributed by atoms with E-state index in [0.717, 1.165) is 10.8 Å². The minimum atomic E-state index is -0.912. The summed E-state index contributed by atoms with van der Waals surface area (Å²) in [5.41, 5.74) is 3.64. The zero-order valence-corrected chi connectivity index (χ0v) is 20.1. The molecule has 0 aliphatic carbocycles. The predicted molar refractivity (Wildman–Crippen MR) is 139 cm³/mol. The molecule has 0 unspecified atom stereocenters. The van der Waals surface area contributed by atoms with Gasteiger partial charge in [-0.1, -0.05) is 36.4 Å². The number of hydrogen-bond donors (Lipinski definition) is 2. The van der Waals surface area contributed by atoms with Gasteiger partial charge in [-0.25, -0.2) is 10.2 Å². The first kappa shape index (κ1) is 24.9. The average molecular weight is 498 g/mol. The summed E-state index contributed by atoms with van der Waals surface area (Å²) < 4.78 is 15.8. The molecular weight excluding hydrogens is 474 g/mol. The van der Waals surface area contributed by atoms with Gasteiger partial charge in [0.2, 0.25) is 0 Å². The molecule has 2 N–H and O–H groups in total. The van der Waals surface area contributed by atoms with Gasteiger partial charge in [0, 0.05) is 11.1 Å². The maximum atomic E-state index is 12.5. The number of carbonyl (C=O) groups excluding carboxylic acids is 3. The van der Waals surface area contributed by atoms with Gasteiger partial charge >= 0.3 is 17.8 Å². The highest BCUT2D eigenvalue weighted by Gasteiger charge is 2.15. The third-order valence-corrected chi connectivity index (χ3v) is 5.33. The van der Waals surface area contributed by atoms with Gasteiger partial charge in [-0.2, -0.15) is 5.10 Å². The summed E-state index contributed by atoms with van der Waals surface area (Å²) >= 11 is 0. The third kappa shape index (κ3) is 6.09. The van der Waals surface area contributed by atoms with E-state index < -0.39 is 17.8 Å². The van der Waals surface area contributed by atoms with Gasteiger partial charge in [-0.15, -0.1) is 0 Å². The molecule has 0 bridgehead atoms. The molecule has 0 spiro atoms. The van der Waals surface area contributed by atoms with Gasteiger partial charge in [0.15, 0.2) is 11.5 Å². The number of nitrogens with zero attached hydrogens (tertiary/aromatic N) is 1. The molecule has 0 heterocycles. The number of hydrazone groups is 1. The Morgan fingerprint density at radius 1 is 0.784 bits per heavy atom. The van der Waals surface area contributed by atoms with Crippen LogP contribution >= 0.6 is 0 Å². The second-order valence-corrected chi connectivity index (χ2v) is 7.71. The van der Waals surface area contributed by atoms with Crippen LogP contribution in [0.5, 0.6) is 17.2 Å². The minimum Gasteiger partial charge on any atom is -0.493 e. The highest BCUT2D eigenvalue weighted by molar-refractivity contribution is 6.40. The molecule has 0 aliphatic heterocycles. The van der Waals surface area contributed by atoms with E-state index in [9.17, 15) is 14.4 Å². The fourth-order valence-corrected chi connectivity index (χ4v) is 3.48. The van der Waals surface area contributed by atoms with Gasteiger partial charge in [0.25, 0.3) is 0 Å². The summed E-state index contributed by atoms with van der Waals surface area (Å²) in [6.45, 7) is 0. The summed E-state index contributed by atoms with van der Waals surface area (Å²) in [4.78, 5) is 36.9. The maximum Gasteiger partial charge on any atom is 0.343 e. The Bertz CT molecular complexity index is 1480.